The van der Waals surface area contributed by atoms with Crippen molar-refractivity contribution in [3.63, 3.8) is 0 Å². The fraction of sp³-hybridized carbons (Fsp3) is 0.278. The van der Waals surface area contributed by atoms with E-state index in [0.29, 0.717) is 12.1 Å². The van der Waals surface area contributed by atoms with Crippen molar-refractivity contribution in [1.29, 1.82) is 0 Å². The molecule has 0 bridgehead atoms. The molecule has 25 heavy (non-hydrogen) atoms. The number of aromatic nitrogens is 3. The molecule has 7 heteroatoms. The summed E-state index contributed by atoms with van der Waals surface area (Å²) in [5.74, 6) is -0.632. The maximum Gasteiger partial charge on any atom is 0.224 e. The summed E-state index contributed by atoms with van der Waals surface area (Å²) in [6.07, 6.45) is 0.799. The molecular weight excluding hydrogens is 343 g/mol. The Balaban J connectivity index is 1.74. The van der Waals surface area contributed by atoms with Crippen LogP contribution in [0.25, 0.3) is 5.65 Å². The van der Waals surface area contributed by atoms with Crippen LogP contribution in [0.5, 0.6) is 0 Å². The number of nitrogens with one attached hydrogen (secondary N) is 1. The number of nitrogens with zero attached hydrogens (tertiary/aromatic N) is 3. The molecule has 0 spiro atoms. The first-order valence-electron chi connectivity index (χ1n) is 7.92. The second kappa shape index (κ2) is 6.80. The van der Waals surface area contributed by atoms with Crippen molar-refractivity contribution < 1.29 is 9.18 Å². The smallest absolute Gasteiger partial charge is 0.224 e. The van der Waals surface area contributed by atoms with Gasteiger partial charge in [0.2, 0.25) is 5.91 Å². The Kier molecular flexibility index (Phi) is 4.72. The molecule has 1 N–H and O–H groups in total. The number of benzene rings is 1. The minimum atomic E-state index is -0.442. The standard InChI is InChI=1S/C18H18ClFN4O/c1-10-8-17-21-11(2)14(12(3)24(17)23-10)5-7-18(25)22-16-6-4-13(20)9-15(16)19/h4,6,8-9H,5,7H2,1-3H3,(H,22,25). The Bertz CT molecular complexity index is 967. The predicted molar refractivity (Wildman–Crippen MR) is 95.6 cm³/mol. The number of hydrogen-bond donors (Lipinski definition) is 1. The van der Waals surface area contributed by atoms with Crippen molar-refractivity contribution in [2.24, 2.45) is 0 Å². The van der Waals surface area contributed by atoms with Crippen molar-refractivity contribution in [3.8, 4) is 0 Å². The number of anilines is 1. The highest BCUT2D eigenvalue weighted by atomic mass is 35.5. The summed E-state index contributed by atoms with van der Waals surface area (Å²) in [5.41, 5.74) is 4.96. The van der Waals surface area contributed by atoms with Crippen LogP contribution in [0.1, 0.15) is 29.1 Å². The number of hydrogen-bond acceptors (Lipinski definition) is 3. The number of carbonyl (C=O) groups is 1. The summed E-state index contributed by atoms with van der Waals surface area (Å²) >= 11 is 5.93. The lowest BCUT2D eigenvalue weighted by Gasteiger charge is -2.11. The summed E-state index contributed by atoms with van der Waals surface area (Å²) in [7, 11) is 0. The van der Waals surface area contributed by atoms with E-state index in [4.69, 9.17) is 11.6 Å². The van der Waals surface area contributed by atoms with Crippen molar-refractivity contribution in [3.05, 3.63) is 57.8 Å². The first-order chi connectivity index (χ1) is 11.8. The largest absolute Gasteiger partial charge is 0.325 e. The summed E-state index contributed by atoms with van der Waals surface area (Å²) < 4.78 is 14.9. The summed E-state index contributed by atoms with van der Waals surface area (Å²) in [5, 5.41) is 7.31. The molecular formula is C18H18ClFN4O. The molecule has 0 atom stereocenters. The van der Waals surface area contributed by atoms with Crippen molar-refractivity contribution in [2.75, 3.05) is 5.32 Å². The van der Waals surface area contributed by atoms with Gasteiger partial charge >= 0.3 is 0 Å². The molecule has 1 amide bonds. The molecule has 0 fully saturated rings. The van der Waals surface area contributed by atoms with Gasteiger partial charge in [0.25, 0.3) is 0 Å². The van der Waals surface area contributed by atoms with Crippen LogP contribution in [-0.4, -0.2) is 20.5 Å². The molecule has 5 nitrogen and oxygen atoms in total. The molecule has 3 rings (SSSR count). The quantitative estimate of drug-likeness (QED) is 0.764. The summed E-state index contributed by atoms with van der Waals surface area (Å²) in [6.45, 7) is 5.82. The minimum absolute atomic E-state index is 0.177. The zero-order chi connectivity index (χ0) is 18.1. The first kappa shape index (κ1) is 17.4. The highest BCUT2D eigenvalue weighted by Gasteiger charge is 2.13. The number of aryl methyl sites for hydroxylation is 3. The molecule has 0 aliphatic heterocycles. The van der Waals surface area contributed by atoms with Crippen LogP contribution in [0, 0.1) is 26.6 Å². The molecule has 2 heterocycles. The van der Waals surface area contributed by atoms with E-state index in [1.54, 1.807) is 4.52 Å². The number of amides is 1. The third-order valence-electron chi connectivity index (χ3n) is 4.09. The van der Waals surface area contributed by atoms with Gasteiger partial charge in [0.05, 0.1) is 16.4 Å². The third-order valence-corrected chi connectivity index (χ3v) is 4.41. The van der Waals surface area contributed by atoms with Crippen LogP contribution >= 0.6 is 11.6 Å². The lowest BCUT2D eigenvalue weighted by molar-refractivity contribution is -0.116. The lowest BCUT2D eigenvalue weighted by Crippen LogP contribution is -2.14. The van der Waals surface area contributed by atoms with Crippen LogP contribution in [0.2, 0.25) is 5.02 Å². The number of carbonyl (C=O) groups excluding carboxylic acids is 1. The van der Waals surface area contributed by atoms with E-state index in [0.717, 1.165) is 28.3 Å². The van der Waals surface area contributed by atoms with Crippen LogP contribution in [0.4, 0.5) is 10.1 Å². The third kappa shape index (κ3) is 3.64. The zero-order valence-electron chi connectivity index (χ0n) is 14.2. The van der Waals surface area contributed by atoms with E-state index in [1.165, 1.54) is 18.2 Å². The minimum Gasteiger partial charge on any atom is -0.325 e. The number of fused-ring (bicyclic) bond motifs is 1. The van der Waals surface area contributed by atoms with Gasteiger partial charge in [-0.25, -0.2) is 13.9 Å². The molecule has 0 radical (unpaired) electrons. The van der Waals surface area contributed by atoms with Gasteiger partial charge < -0.3 is 5.32 Å². The fourth-order valence-corrected chi connectivity index (χ4v) is 3.06. The fourth-order valence-electron chi connectivity index (χ4n) is 2.85. The van der Waals surface area contributed by atoms with E-state index in [-0.39, 0.29) is 17.4 Å². The van der Waals surface area contributed by atoms with Gasteiger partial charge in [-0.1, -0.05) is 11.6 Å². The Morgan fingerprint density at radius 1 is 1.28 bits per heavy atom. The Morgan fingerprint density at radius 3 is 2.76 bits per heavy atom. The van der Waals surface area contributed by atoms with Gasteiger partial charge in [0.15, 0.2) is 5.65 Å². The molecule has 0 aliphatic carbocycles. The van der Waals surface area contributed by atoms with E-state index >= 15 is 0 Å². The average molecular weight is 361 g/mol. The summed E-state index contributed by atoms with van der Waals surface area (Å²) in [6, 6.07) is 5.80. The van der Waals surface area contributed by atoms with Crippen LogP contribution in [0.3, 0.4) is 0 Å². The van der Waals surface area contributed by atoms with Crippen LogP contribution < -0.4 is 5.32 Å². The van der Waals surface area contributed by atoms with Crippen molar-refractivity contribution in [2.45, 2.75) is 33.6 Å². The van der Waals surface area contributed by atoms with Gasteiger partial charge in [-0.15, -0.1) is 0 Å². The summed E-state index contributed by atoms with van der Waals surface area (Å²) in [4.78, 5) is 16.8. The van der Waals surface area contributed by atoms with Gasteiger partial charge in [-0.2, -0.15) is 5.10 Å². The SMILES string of the molecule is Cc1cc2nc(C)c(CCC(=O)Nc3ccc(F)cc3Cl)c(C)n2n1. The first-order valence-corrected chi connectivity index (χ1v) is 8.30. The normalized spacial score (nSPS) is 11.1. The molecule has 0 saturated carbocycles. The van der Waals surface area contributed by atoms with Crippen LogP contribution in [-0.2, 0) is 11.2 Å². The monoisotopic (exact) mass is 360 g/mol. The second-order valence-electron chi connectivity index (χ2n) is 5.99. The predicted octanol–water partition coefficient (Wildman–Crippen LogP) is 4.02. The molecule has 3 aromatic rings. The van der Waals surface area contributed by atoms with Crippen LogP contribution in [0.15, 0.2) is 24.3 Å². The van der Waals surface area contributed by atoms with E-state index in [9.17, 15) is 9.18 Å². The molecule has 0 unspecified atom stereocenters. The van der Waals surface area contributed by atoms with Gasteiger partial charge in [-0.3, -0.25) is 4.79 Å². The Morgan fingerprint density at radius 2 is 2.04 bits per heavy atom. The second-order valence-corrected chi connectivity index (χ2v) is 6.40. The Hall–Kier alpha value is -2.47. The molecule has 0 saturated heterocycles. The average Bonchev–Trinajstić information content (AvgIpc) is 2.90. The van der Waals surface area contributed by atoms with Gasteiger partial charge in [-0.05, 0) is 51.0 Å². The Labute approximate surface area is 149 Å². The van der Waals surface area contributed by atoms with Gasteiger partial charge in [0, 0.05) is 23.9 Å². The zero-order valence-corrected chi connectivity index (χ0v) is 15.0. The van der Waals surface area contributed by atoms with E-state index < -0.39 is 5.82 Å². The molecule has 130 valence electrons. The van der Waals surface area contributed by atoms with Gasteiger partial charge in [0.1, 0.15) is 5.82 Å². The molecule has 1 aromatic carbocycles. The number of halogens is 2. The topological polar surface area (TPSA) is 59.3 Å². The number of rotatable bonds is 4. The molecule has 0 aliphatic rings. The lowest BCUT2D eigenvalue weighted by atomic mass is 10.1. The highest BCUT2D eigenvalue weighted by Crippen LogP contribution is 2.23. The highest BCUT2D eigenvalue weighted by molar-refractivity contribution is 6.33. The van der Waals surface area contributed by atoms with Crippen molar-refractivity contribution >= 4 is 28.8 Å². The maximum atomic E-state index is 13.1. The molecule has 2 aromatic heterocycles. The van der Waals surface area contributed by atoms with E-state index in [1.807, 2.05) is 26.8 Å². The van der Waals surface area contributed by atoms with E-state index in [2.05, 4.69) is 15.4 Å². The maximum absolute atomic E-state index is 13.1. The van der Waals surface area contributed by atoms with Crippen molar-refractivity contribution in [1.82, 2.24) is 14.6 Å².